The summed E-state index contributed by atoms with van der Waals surface area (Å²) in [5.74, 6) is 0. The molecular weight excluding hydrogens is 164 g/mol. The van der Waals surface area contributed by atoms with E-state index >= 15 is 0 Å². The lowest BCUT2D eigenvalue weighted by Gasteiger charge is -2.02. The van der Waals surface area contributed by atoms with Gasteiger partial charge in [0.15, 0.2) is 0 Å². The lowest BCUT2D eigenvalue weighted by Crippen LogP contribution is -2.05. The van der Waals surface area contributed by atoms with E-state index < -0.39 is 6.10 Å². The van der Waals surface area contributed by atoms with Gasteiger partial charge in [-0.15, -0.1) is 0 Å². The van der Waals surface area contributed by atoms with Crippen LogP contribution in [0.25, 0.3) is 6.08 Å². The van der Waals surface area contributed by atoms with E-state index in [9.17, 15) is 9.90 Å². The lowest BCUT2D eigenvalue weighted by molar-refractivity contribution is -0.105. The van der Waals surface area contributed by atoms with E-state index in [1.807, 2.05) is 30.3 Å². The van der Waals surface area contributed by atoms with Crippen molar-refractivity contribution in [2.45, 2.75) is 13.0 Å². The normalized spacial score (nSPS) is 13.8. The Morgan fingerprint density at radius 1 is 1.38 bits per heavy atom. The van der Waals surface area contributed by atoms with Crippen LogP contribution in [0.3, 0.4) is 0 Å². The minimum absolute atomic E-state index is 0.395. The fourth-order valence-corrected chi connectivity index (χ4v) is 0.995. The van der Waals surface area contributed by atoms with Crippen molar-refractivity contribution in [2.24, 2.45) is 0 Å². The average Bonchev–Trinajstić information content (AvgIpc) is 2.15. The molecule has 1 unspecified atom stereocenters. The Kier molecular flexibility index (Phi) is 3.41. The SMILES string of the molecule is CC(O)/C(C=O)=C/c1ccccc1. The number of aldehydes is 1. The molecule has 1 atom stereocenters. The molecule has 0 aliphatic heterocycles. The van der Waals surface area contributed by atoms with Gasteiger partial charge in [-0.3, -0.25) is 4.79 Å². The molecule has 2 nitrogen and oxygen atoms in total. The lowest BCUT2D eigenvalue weighted by atomic mass is 10.1. The number of hydrogen-bond acceptors (Lipinski definition) is 2. The van der Waals surface area contributed by atoms with Gasteiger partial charge in [-0.25, -0.2) is 0 Å². The summed E-state index contributed by atoms with van der Waals surface area (Å²) in [6.07, 6.45) is 1.65. The standard InChI is InChI=1S/C11H12O2/c1-9(13)11(8-12)7-10-5-3-2-4-6-10/h2-9,13H,1H3/b11-7+. The van der Waals surface area contributed by atoms with Crippen molar-refractivity contribution >= 4 is 12.4 Å². The Labute approximate surface area is 77.5 Å². The molecule has 1 aromatic rings. The molecule has 0 saturated heterocycles. The van der Waals surface area contributed by atoms with Crippen LogP contribution in [-0.2, 0) is 4.79 Å². The highest BCUT2D eigenvalue weighted by molar-refractivity contribution is 5.82. The van der Waals surface area contributed by atoms with Crippen molar-refractivity contribution in [3.8, 4) is 0 Å². The monoisotopic (exact) mass is 176 g/mol. The van der Waals surface area contributed by atoms with Crippen molar-refractivity contribution in [3.63, 3.8) is 0 Å². The molecule has 0 bridgehead atoms. The van der Waals surface area contributed by atoms with Crippen LogP contribution in [-0.4, -0.2) is 17.5 Å². The van der Waals surface area contributed by atoms with Crippen molar-refractivity contribution in [2.75, 3.05) is 0 Å². The van der Waals surface area contributed by atoms with E-state index in [1.165, 1.54) is 0 Å². The first kappa shape index (κ1) is 9.68. The van der Waals surface area contributed by atoms with Crippen LogP contribution in [0, 0.1) is 0 Å². The molecule has 0 saturated carbocycles. The summed E-state index contributed by atoms with van der Waals surface area (Å²) in [5, 5.41) is 9.17. The second kappa shape index (κ2) is 4.58. The number of benzene rings is 1. The Morgan fingerprint density at radius 2 is 2.00 bits per heavy atom. The quantitative estimate of drug-likeness (QED) is 0.561. The van der Waals surface area contributed by atoms with E-state index in [2.05, 4.69) is 0 Å². The smallest absolute Gasteiger partial charge is 0.148 e. The second-order valence-corrected chi connectivity index (χ2v) is 2.85. The van der Waals surface area contributed by atoms with Gasteiger partial charge in [-0.1, -0.05) is 30.3 Å². The topological polar surface area (TPSA) is 37.3 Å². The van der Waals surface area contributed by atoms with Crippen molar-refractivity contribution in [1.29, 1.82) is 0 Å². The van der Waals surface area contributed by atoms with Gasteiger partial charge in [0.2, 0.25) is 0 Å². The van der Waals surface area contributed by atoms with Crippen LogP contribution >= 0.6 is 0 Å². The second-order valence-electron chi connectivity index (χ2n) is 2.85. The summed E-state index contributed by atoms with van der Waals surface area (Å²) in [6, 6.07) is 9.44. The molecule has 0 fully saturated rings. The molecule has 1 rings (SSSR count). The van der Waals surface area contributed by atoms with Crippen LogP contribution < -0.4 is 0 Å². The third-order valence-corrected chi connectivity index (χ3v) is 1.75. The van der Waals surface area contributed by atoms with Gasteiger partial charge in [0.1, 0.15) is 6.29 Å². The maximum atomic E-state index is 10.5. The van der Waals surface area contributed by atoms with E-state index in [4.69, 9.17) is 0 Å². The molecule has 68 valence electrons. The molecule has 13 heavy (non-hydrogen) atoms. The van der Waals surface area contributed by atoms with Gasteiger partial charge in [0, 0.05) is 5.57 Å². The summed E-state index contributed by atoms with van der Waals surface area (Å²) in [4.78, 5) is 10.5. The summed E-state index contributed by atoms with van der Waals surface area (Å²) >= 11 is 0. The zero-order valence-electron chi connectivity index (χ0n) is 7.47. The summed E-state index contributed by atoms with van der Waals surface area (Å²) < 4.78 is 0. The van der Waals surface area contributed by atoms with Crippen LogP contribution in [0.15, 0.2) is 35.9 Å². The van der Waals surface area contributed by atoms with Gasteiger partial charge in [0.05, 0.1) is 6.10 Å². The minimum atomic E-state index is -0.710. The Bertz CT molecular complexity index is 299. The number of aliphatic hydroxyl groups excluding tert-OH is 1. The van der Waals surface area contributed by atoms with Crippen molar-refractivity contribution in [1.82, 2.24) is 0 Å². The molecule has 0 aromatic heterocycles. The van der Waals surface area contributed by atoms with Crippen LogP contribution in [0.1, 0.15) is 12.5 Å². The van der Waals surface area contributed by atoms with Gasteiger partial charge >= 0.3 is 0 Å². The minimum Gasteiger partial charge on any atom is -0.389 e. The molecular formula is C11H12O2. The van der Waals surface area contributed by atoms with Gasteiger partial charge < -0.3 is 5.11 Å². The van der Waals surface area contributed by atoms with Crippen LogP contribution in [0.4, 0.5) is 0 Å². The van der Waals surface area contributed by atoms with E-state index in [-0.39, 0.29) is 0 Å². The zero-order chi connectivity index (χ0) is 9.68. The van der Waals surface area contributed by atoms with Crippen LogP contribution in [0.5, 0.6) is 0 Å². The Balaban J connectivity index is 2.92. The fraction of sp³-hybridized carbons (Fsp3) is 0.182. The van der Waals surface area contributed by atoms with Gasteiger partial charge in [-0.2, -0.15) is 0 Å². The third-order valence-electron chi connectivity index (χ3n) is 1.75. The number of rotatable bonds is 3. The largest absolute Gasteiger partial charge is 0.389 e. The average molecular weight is 176 g/mol. The van der Waals surface area contributed by atoms with E-state index in [1.54, 1.807) is 13.0 Å². The van der Waals surface area contributed by atoms with E-state index in [0.717, 1.165) is 5.56 Å². The fourth-order valence-electron chi connectivity index (χ4n) is 0.995. The Hall–Kier alpha value is -1.41. The predicted octanol–water partition coefficient (Wildman–Crippen LogP) is 1.65. The molecule has 0 amide bonds. The van der Waals surface area contributed by atoms with Gasteiger partial charge in [-0.05, 0) is 18.6 Å². The first-order valence-electron chi connectivity index (χ1n) is 4.14. The highest BCUT2D eigenvalue weighted by atomic mass is 16.3. The van der Waals surface area contributed by atoms with Crippen LogP contribution in [0.2, 0.25) is 0 Å². The van der Waals surface area contributed by atoms with Crippen molar-refractivity contribution in [3.05, 3.63) is 41.5 Å². The summed E-state index contributed by atoms with van der Waals surface area (Å²) in [7, 11) is 0. The number of hydrogen-bond donors (Lipinski definition) is 1. The zero-order valence-corrected chi connectivity index (χ0v) is 7.47. The van der Waals surface area contributed by atoms with Gasteiger partial charge in [0.25, 0.3) is 0 Å². The maximum Gasteiger partial charge on any atom is 0.148 e. The first-order valence-corrected chi connectivity index (χ1v) is 4.14. The highest BCUT2D eigenvalue weighted by Gasteiger charge is 2.02. The molecule has 0 spiro atoms. The number of carbonyl (C=O) groups excluding carboxylic acids is 1. The first-order chi connectivity index (χ1) is 6.24. The molecule has 2 heteroatoms. The summed E-state index contributed by atoms with van der Waals surface area (Å²) in [6.45, 7) is 1.57. The Morgan fingerprint density at radius 3 is 2.46 bits per heavy atom. The number of aliphatic hydroxyl groups is 1. The highest BCUT2D eigenvalue weighted by Crippen LogP contribution is 2.07. The molecule has 0 aliphatic carbocycles. The van der Waals surface area contributed by atoms with Crippen molar-refractivity contribution < 1.29 is 9.90 Å². The molecule has 0 radical (unpaired) electrons. The molecule has 0 heterocycles. The third kappa shape index (κ3) is 2.84. The van der Waals surface area contributed by atoms with E-state index in [0.29, 0.717) is 11.9 Å². The molecule has 1 aromatic carbocycles. The molecule has 0 aliphatic rings. The summed E-state index contributed by atoms with van der Waals surface area (Å²) in [5.41, 5.74) is 1.32. The maximum absolute atomic E-state index is 10.5. The number of carbonyl (C=O) groups is 1. The molecule has 1 N–H and O–H groups in total. The predicted molar refractivity (Wildman–Crippen MR) is 52.2 cm³/mol.